The first kappa shape index (κ1) is 15.3. The zero-order valence-electron chi connectivity index (χ0n) is 11.3. The smallest absolute Gasteiger partial charge is 0.150 e. The number of thiocarbonyl (C=S) groups is 1. The van der Waals surface area contributed by atoms with Gasteiger partial charge in [-0.05, 0) is 29.8 Å². The van der Waals surface area contributed by atoms with Gasteiger partial charge < -0.3 is 15.8 Å². The first-order valence-electron chi connectivity index (χ1n) is 6.15. The van der Waals surface area contributed by atoms with E-state index in [4.69, 9.17) is 22.7 Å². The van der Waals surface area contributed by atoms with E-state index < -0.39 is 11.6 Å². The van der Waals surface area contributed by atoms with Gasteiger partial charge in [0, 0.05) is 18.4 Å². The molecule has 0 bridgehead atoms. The molecule has 3 nitrogen and oxygen atoms in total. The summed E-state index contributed by atoms with van der Waals surface area (Å²) in [4.78, 5) is -0.0542. The lowest BCUT2D eigenvalue weighted by atomic mass is 10.1. The molecule has 0 amide bonds. The summed E-state index contributed by atoms with van der Waals surface area (Å²) in [6.07, 6.45) is 0. The number of hydrogen-bond donors (Lipinski definition) is 2. The molecular formula is C15H14F2N2OS. The molecule has 2 aromatic rings. The molecule has 3 N–H and O–H groups in total. The van der Waals surface area contributed by atoms with Crippen molar-refractivity contribution in [1.82, 2.24) is 0 Å². The summed E-state index contributed by atoms with van der Waals surface area (Å²) in [5.41, 5.74) is 6.73. The van der Waals surface area contributed by atoms with E-state index >= 15 is 0 Å². The van der Waals surface area contributed by atoms with Gasteiger partial charge in [0.05, 0.1) is 6.61 Å². The molecule has 2 rings (SSSR count). The molecule has 110 valence electrons. The molecule has 0 saturated carbocycles. The van der Waals surface area contributed by atoms with E-state index in [1.807, 2.05) is 6.07 Å². The molecule has 21 heavy (non-hydrogen) atoms. The summed E-state index contributed by atoms with van der Waals surface area (Å²) in [5.74, 6) is -1.51. The van der Waals surface area contributed by atoms with Gasteiger partial charge in [0.15, 0.2) is 0 Å². The van der Waals surface area contributed by atoms with Crippen molar-refractivity contribution in [2.45, 2.75) is 6.61 Å². The highest BCUT2D eigenvalue weighted by Gasteiger charge is 2.12. The minimum Gasteiger partial charge on any atom is -0.389 e. The maximum absolute atomic E-state index is 14.0. The summed E-state index contributed by atoms with van der Waals surface area (Å²) >= 11 is 4.71. The van der Waals surface area contributed by atoms with Crippen LogP contribution in [0.25, 0.3) is 0 Å². The lowest BCUT2D eigenvalue weighted by molar-refractivity contribution is 0.185. The highest BCUT2D eigenvalue weighted by molar-refractivity contribution is 7.80. The summed E-state index contributed by atoms with van der Waals surface area (Å²) < 4.78 is 32.9. The first-order valence-corrected chi connectivity index (χ1v) is 6.56. The van der Waals surface area contributed by atoms with Crippen molar-refractivity contribution in [3.05, 3.63) is 59.2 Å². The Morgan fingerprint density at radius 2 is 1.90 bits per heavy atom. The molecule has 0 aliphatic carbocycles. The second-order valence-corrected chi connectivity index (χ2v) is 4.88. The van der Waals surface area contributed by atoms with Gasteiger partial charge in [-0.3, -0.25) is 0 Å². The van der Waals surface area contributed by atoms with Crippen molar-refractivity contribution in [2.24, 2.45) is 5.73 Å². The molecule has 2 aromatic carbocycles. The monoisotopic (exact) mass is 308 g/mol. The van der Waals surface area contributed by atoms with Crippen LogP contribution in [-0.2, 0) is 11.3 Å². The lowest BCUT2D eigenvalue weighted by Crippen LogP contribution is -2.11. The third-order valence-electron chi connectivity index (χ3n) is 2.83. The van der Waals surface area contributed by atoms with Crippen LogP contribution in [0.3, 0.4) is 0 Å². The third-order valence-corrected chi connectivity index (χ3v) is 3.07. The predicted octanol–water partition coefficient (Wildman–Crippen LogP) is 3.49. The van der Waals surface area contributed by atoms with Crippen LogP contribution < -0.4 is 11.1 Å². The van der Waals surface area contributed by atoms with E-state index in [-0.39, 0.29) is 16.2 Å². The molecule has 0 aliphatic rings. The quantitative estimate of drug-likeness (QED) is 0.830. The summed E-state index contributed by atoms with van der Waals surface area (Å²) in [7, 11) is 1.58. The maximum atomic E-state index is 14.0. The Hall–Kier alpha value is -2.05. The van der Waals surface area contributed by atoms with Crippen molar-refractivity contribution in [3.63, 3.8) is 0 Å². The van der Waals surface area contributed by atoms with Crippen molar-refractivity contribution in [2.75, 3.05) is 12.4 Å². The Labute approximate surface area is 126 Å². The Kier molecular flexibility index (Phi) is 4.82. The Morgan fingerprint density at radius 1 is 1.24 bits per heavy atom. The number of halogens is 2. The van der Waals surface area contributed by atoms with E-state index in [1.54, 1.807) is 25.3 Å². The average Bonchev–Trinajstić information content (AvgIpc) is 2.43. The van der Waals surface area contributed by atoms with Gasteiger partial charge in [-0.15, -0.1) is 0 Å². The number of anilines is 2. The number of nitrogens with two attached hydrogens (primary N) is 1. The van der Waals surface area contributed by atoms with E-state index in [9.17, 15) is 8.78 Å². The highest BCUT2D eigenvalue weighted by Crippen LogP contribution is 2.25. The van der Waals surface area contributed by atoms with Gasteiger partial charge in [-0.2, -0.15) is 0 Å². The van der Waals surface area contributed by atoms with Gasteiger partial charge in [-0.25, -0.2) is 8.78 Å². The predicted molar refractivity (Wildman–Crippen MR) is 82.7 cm³/mol. The van der Waals surface area contributed by atoms with Crippen LogP contribution >= 0.6 is 12.2 Å². The molecule has 0 radical (unpaired) electrons. The van der Waals surface area contributed by atoms with Gasteiger partial charge in [-0.1, -0.05) is 24.4 Å². The van der Waals surface area contributed by atoms with Crippen molar-refractivity contribution >= 4 is 28.6 Å². The molecule has 0 heterocycles. The fourth-order valence-electron chi connectivity index (χ4n) is 1.88. The van der Waals surface area contributed by atoms with Gasteiger partial charge >= 0.3 is 0 Å². The largest absolute Gasteiger partial charge is 0.389 e. The second kappa shape index (κ2) is 6.60. The fraction of sp³-hybridized carbons (Fsp3) is 0.133. The normalized spacial score (nSPS) is 10.4. The van der Waals surface area contributed by atoms with Crippen molar-refractivity contribution in [3.8, 4) is 0 Å². The minimum atomic E-state index is -0.755. The van der Waals surface area contributed by atoms with Crippen LogP contribution in [0.15, 0.2) is 36.4 Å². The molecule has 0 saturated heterocycles. The van der Waals surface area contributed by atoms with E-state index in [1.165, 1.54) is 0 Å². The zero-order valence-corrected chi connectivity index (χ0v) is 12.1. The number of benzene rings is 2. The molecular weight excluding hydrogens is 294 g/mol. The molecule has 0 fully saturated rings. The first-order chi connectivity index (χ1) is 10.0. The Bertz CT molecular complexity index is 653. The number of methoxy groups -OCH3 is 1. The molecule has 0 spiro atoms. The molecule has 0 unspecified atom stereocenters. The highest BCUT2D eigenvalue weighted by atomic mass is 32.1. The Morgan fingerprint density at radius 3 is 2.48 bits per heavy atom. The molecule has 0 aliphatic heterocycles. The van der Waals surface area contributed by atoms with Crippen LogP contribution in [0.2, 0.25) is 0 Å². The van der Waals surface area contributed by atoms with Gasteiger partial charge in [0.2, 0.25) is 0 Å². The number of rotatable bonds is 5. The van der Waals surface area contributed by atoms with Gasteiger partial charge in [0.1, 0.15) is 22.3 Å². The van der Waals surface area contributed by atoms with Crippen LogP contribution in [-0.4, -0.2) is 12.1 Å². The SMILES string of the molecule is COCc1cccc(Nc2c(F)cc(C(N)=S)cc2F)c1. The molecule has 0 atom stereocenters. The number of nitrogens with one attached hydrogen (secondary N) is 1. The minimum absolute atomic E-state index is 0.0542. The standard InChI is InChI=1S/C15H14F2N2OS/c1-20-8-9-3-2-4-11(5-9)19-14-12(16)6-10(15(18)21)7-13(14)17/h2-7,19H,8H2,1H3,(H2,18,21). The van der Waals surface area contributed by atoms with E-state index in [2.05, 4.69) is 5.32 Å². The summed E-state index contributed by atoms with van der Waals surface area (Å²) in [6.45, 7) is 0.418. The van der Waals surface area contributed by atoms with Crippen molar-refractivity contribution < 1.29 is 13.5 Å². The topological polar surface area (TPSA) is 47.3 Å². The van der Waals surface area contributed by atoms with Crippen LogP contribution in [0.4, 0.5) is 20.2 Å². The fourth-order valence-corrected chi connectivity index (χ4v) is 2.00. The number of ether oxygens (including phenoxy) is 1. The zero-order chi connectivity index (χ0) is 15.4. The maximum Gasteiger partial charge on any atom is 0.150 e. The average molecular weight is 308 g/mol. The summed E-state index contributed by atoms with van der Waals surface area (Å²) in [5, 5.41) is 2.72. The number of hydrogen-bond acceptors (Lipinski definition) is 3. The van der Waals surface area contributed by atoms with Gasteiger partial charge in [0.25, 0.3) is 0 Å². The lowest BCUT2D eigenvalue weighted by Gasteiger charge is -2.11. The molecule has 6 heteroatoms. The van der Waals surface area contributed by atoms with Crippen LogP contribution in [0.1, 0.15) is 11.1 Å². The third kappa shape index (κ3) is 3.74. The van der Waals surface area contributed by atoms with Crippen molar-refractivity contribution in [1.29, 1.82) is 0 Å². The summed E-state index contributed by atoms with van der Waals surface area (Å²) in [6, 6.07) is 9.30. The van der Waals surface area contributed by atoms with Crippen LogP contribution in [0, 0.1) is 11.6 Å². The van der Waals surface area contributed by atoms with E-state index in [0.29, 0.717) is 12.3 Å². The van der Waals surface area contributed by atoms with E-state index in [0.717, 1.165) is 17.7 Å². The molecule has 0 aromatic heterocycles. The van der Waals surface area contributed by atoms with Crippen LogP contribution in [0.5, 0.6) is 0 Å². The Balaban J connectivity index is 2.31. The second-order valence-electron chi connectivity index (χ2n) is 4.44.